The molecular weight excluding hydrogens is 204 g/mol. The van der Waals surface area contributed by atoms with Crippen molar-refractivity contribution in [2.75, 3.05) is 24.1 Å². The zero-order chi connectivity index (χ0) is 12.0. The zero-order valence-corrected chi connectivity index (χ0v) is 9.08. The molecule has 0 aromatic heterocycles. The molecule has 16 heavy (non-hydrogen) atoms. The Morgan fingerprint density at radius 3 is 2.81 bits per heavy atom. The lowest BCUT2D eigenvalue weighted by Crippen LogP contribution is -2.26. The lowest BCUT2D eigenvalue weighted by molar-refractivity contribution is -0.118. The fourth-order valence-corrected chi connectivity index (χ4v) is 1.22. The molecule has 0 spiro atoms. The van der Waals surface area contributed by atoms with E-state index in [1.807, 2.05) is 6.07 Å². The number of hydrogen-bond acceptors (Lipinski definition) is 4. The molecule has 0 heterocycles. The molecule has 0 aliphatic rings. The first-order chi connectivity index (χ1) is 7.63. The van der Waals surface area contributed by atoms with Gasteiger partial charge in [0.15, 0.2) is 0 Å². The predicted molar refractivity (Wildman–Crippen MR) is 62.7 cm³/mol. The van der Waals surface area contributed by atoms with E-state index in [2.05, 4.69) is 10.6 Å². The van der Waals surface area contributed by atoms with Crippen molar-refractivity contribution in [1.29, 1.82) is 5.26 Å². The topological polar surface area (TPSA) is 90.9 Å². The van der Waals surface area contributed by atoms with Gasteiger partial charge in [0.05, 0.1) is 11.3 Å². The molecule has 0 aliphatic heterocycles. The number of benzene rings is 1. The van der Waals surface area contributed by atoms with Crippen LogP contribution >= 0.6 is 0 Å². The Hall–Kier alpha value is -2.22. The number of nitrogen functional groups attached to an aromatic ring is 1. The molecule has 0 saturated carbocycles. The van der Waals surface area contributed by atoms with E-state index in [1.165, 1.54) is 6.92 Å². The molecule has 0 atom stereocenters. The summed E-state index contributed by atoms with van der Waals surface area (Å²) in [5, 5.41) is 14.4. The van der Waals surface area contributed by atoms with Gasteiger partial charge in [0.2, 0.25) is 5.91 Å². The number of hydrogen-bond donors (Lipinski definition) is 3. The molecule has 0 bridgehead atoms. The van der Waals surface area contributed by atoms with E-state index >= 15 is 0 Å². The van der Waals surface area contributed by atoms with Crippen LogP contribution in [0, 0.1) is 11.3 Å². The summed E-state index contributed by atoms with van der Waals surface area (Å²) < 4.78 is 0. The zero-order valence-electron chi connectivity index (χ0n) is 9.08. The monoisotopic (exact) mass is 218 g/mol. The van der Waals surface area contributed by atoms with Gasteiger partial charge in [-0.15, -0.1) is 0 Å². The van der Waals surface area contributed by atoms with Crippen molar-refractivity contribution in [3.63, 3.8) is 0 Å². The van der Waals surface area contributed by atoms with Crippen molar-refractivity contribution >= 4 is 17.3 Å². The van der Waals surface area contributed by atoms with Gasteiger partial charge in [-0.05, 0) is 18.2 Å². The van der Waals surface area contributed by atoms with Crippen LogP contribution in [0.15, 0.2) is 18.2 Å². The highest BCUT2D eigenvalue weighted by molar-refractivity contribution is 5.72. The first-order valence-corrected chi connectivity index (χ1v) is 4.91. The van der Waals surface area contributed by atoms with Crippen molar-refractivity contribution in [1.82, 2.24) is 5.32 Å². The Labute approximate surface area is 94.2 Å². The van der Waals surface area contributed by atoms with Crippen molar-refractivity contribution in [3.05, 3.63) is 23.8 Å². The van der Waals surface area contributed by atoms with Crippen LogP contribution in [0.25, 0.3) is 0 Å². The molecule has 4 N–H and O–H groups in total. The molecule has 0 saturated heterocycles. The highest BCUT2D eigenvalue weighted by Crippen LogP contribution is 2.16. The van der Waals surface area contributed by atoms with Gasteiger partial charge in [-0.1, -0.05) is 0 Å². The largest absolute Gasteiger partial charge is 0.398 e. The Bertz CT molecular complexity index is 422. The Kier molecular flexibility index (Phi) is 4.16. The van der Waals surface area contributed by atoms with Gasteiger partial charge in [-0.2, -0.15) is 5.26 Å². The number of nitrogens with two attached hydrogens (primary N) is 1. The third-order valence-electron chi connectivity index (χ3n) is 2.00. The second kappa shape index (κ2) is 5.61. The van der Waals surface area contributed by atoms with E-state index < -0.39 is 0 Å². The number of carbonyl (C=O) groups excluding carboxylic acids is 1. The molecule has 0 radical (unpaired) electrons. The van der Waals surface area contributed by atoms with E-state index in [-0.39, 0.29) is 5.91 Å². The Morgan fingerprint density at radius 2 is 2.25 bits per heavy atom. The van der Waals surface area contributed by atoms with E-state index in [4.69, 9.17) is 11.0 Å². The molecule has 0 fully saturated rings. The molecule has 0 unspecified atom stereocenters. The average molecular weight is 218 g/mol. The summed E-state index contributed by atoms with van der Waals surface area (Å²) in [6.07, 6.45) is 0. The SMILES string of the molecule is CC(=O)NCCNc1ccc(C#N)c(N)c1. The van der Waals surface area contributed by atoms with Gasteiger partial charge in [0.25, 0.3) is 0 Å². The summed E-state index contributed by atoms with van der Waals surface area (Å²) in [5.74, 6) is -0.0545. The Balaban J connectivity index is 2.47. The third-order valence-corrected chi connectivity index (χ3v) is 2.00. The summed E-state index contributed by atoms with van der Waals surface area (Å²) in [7, 11) is 0. The minimum Gasteiger partial charge on any atom is -0.398 e. The second-order valence-electron chi connectivity index (χ2n) is 3.32. The van der Waals surface area contributed by atoms with Gasteiger partial charge in [0.1, 0.15) is 6.07 Å². The summed E-state index contributed by atoms with van der Waals surface area (Å²) in [6.45, 7) is 2.64. The predicted octanol–water partition coefficient (Wildman–Crippen LogP) is 0.688. The highest BCUT2D eigenvalue weighted by atomic mass is 16.1. The van der Waals surface area contributed by atoms with Crippen LogP contribution in [0.5, 0.6) is 0 Å². The number of nitrogens with one attached hydrogen (secondary N) is 2. The number of nitrogens with zero attached hydrogens (tertiary/aromatic N) is 1. The smallest absolute Gasteiger partial charge is 0.216 e. The molecule has 1 amide bonds. The molecule has 0 aliphatic carbocycles. The van der Waals surface area contributed by atoms with Gasteiger partial charge >= 0.3 is 0 Å². The maximum absolute atomic E-state index is 10.6. The van der Waals surface area contributed by atoms with Gasteiger partial charge < -0.3 is 16.4 Å². The molecule has 5 heteroatoms. The van der Waals surface area contributed by atoms with Crippen LogP contribution in [-0.2, 0) is 4.79 Å². The summed E-state index contributed by atoms with van der Waals surface area (Å²) in [5.41, 5.74) is 7.40. The van der Waals surface area contributed by atoms with Crippen molar-refractivity contribution in [2.24, 2.45) is 0 Å². The first kappa shape index (κ1) is 11.9. The van der Waals surface area contributed by atoms with Crippen LogP contribution < -0.4 is 16.4 Å². The minimum absolute atomic E-state index is 0.0545. The van der Waals surface area contributed by atoms with Crippen LogP contribution in [0.3, 0.4) is 0 Å². The fraction of sp³-hybridized carbons (Fsp3) is 0.273. The van der Waals surface area contributed by atoms with E-state index in [1.54, 1.807) is 18.2 Å². The fourth-order valence-electron chi connectivity index (χ4n) is 1.22. The number of rotatable bonds is 4. The average Bonchev–Trinajstić information content (AvgIpc) is 2.24. The summed E-state index contributed by atoms with van der Waals surface area (Å²) in [4.78, 5) is 10.6. The van der Waals surface area contributed by atoms with Crippen LogP contribution in [0.4, 0.5) is 11.4 Å². The minimum atomic E-state index is -0.0545. The number of anilines is 2. The van der Waals surface area contributed by atoms with E-state index in [0.29, 0.717) is 24.3 Å². The molecule has 84 valence electrons. The normalized spacial score (nSPS) is 9.25. The lowest BCUT2D eigenvalue weighted by Gasteiger charge is -2.07. The standard InChI is InChI=1S/C11H14N4O/c1-8(16)14-4-5-15-10-3-2-9(7-12)11(13)6-10/h2-3,6,15H,4-5,13H2,1H3,(H,14,16). The van der Waals surface area contributed by atoms with Gasteiger partial charge in [-0.25, -0.2) is 0 Å². The van der Waals surface area contributed by atoms with E-state index in [9.17, 15) is 4.79 Å². The van der Waals surface area contributed by atoms with Crippen LogP contribution in [0.2, 0.25) is 0 Å². The number of carbonyl (C=O) groups is 1. The molecule has 5 nitrogen and oxygen atoms in total. The Morgan fingerprint density at radius 1 is 1.50 bits per heavy atom. The second-order valence-corrected chi connectivity index (χ2v) is 3.32. The van der Waals surface area contributed by atoms with Crippen molar-refractivity contribution in [3.8, 4) is 6.07 Å². The number of amides is 1. The summed E-state index contributed by atoms with van der Waals surface area (Å²) in [6, 6.07) is 7.14. The number of nitriles is 1. The van der Waals surface area contributed by atoms with Crippen molar-refractivity contribution < 1.29 is 4.79 Å². The molecule has 1 aromatic rings. The van der Waals surface area contributed by atoms with Crippen LogP contribution in [-0.4, -0.2) is 19.0 Å². The van der Waals surface area contributed by atoms with E-state index in [0.717, 1.165) is 5.69 Å². The molecular formula is C11H14N4O. The lowest BCUT2D eigenvalue weighted by atomic mass is 10.2. The van der Waals surface area contributed by atoms with Crippen molar-refractivity contribution in [2.45, 2.75) is 6.92 Å². The van der Waals surface area contributed by atoms with Gasteiger partial charge in [0, 0.05) is 25.7 Å². The first-order valence-electron chi connectivity index (χ1n) is 4.91. The maximum atomic E-state index is 10.6. The van der Waals surface area contributed by atoms with Crippen LogP contribution in [0.1, 0.15) is 12.5 Å². The molecule has 1 rings (SSSR count). The van der Waals surface area contributed by atoms with Gasteiger partial charge in [-0.3, -0.25) is 4.79 Å². The molecule has 1 aromatic carbocycles. The summed E-state index contributed by atoms with van der Waals surface area (Å²) >= 11 is 0. The highest BCUT2D eigenvalue weighted by Gasteiger charge is 1.99. The quantitative estimate of drug-likeness (QED) is 0.512. The maximum Gasteiger partial charge on any atom is 0.216 e. The third kappa shape index (κ3) is 3.50.